The van der Waals surface area contributed by atoms with E-state index in [4.69, 9.17) is 19.9 Å². The first kappa shape index (κ1) is 22.6. The van der Waals surface area contributed by atoms with Crippen LogP contribution in [0.5, 0.6) is 17.2 Å². The zero-order valence-electron chi connectivity index (χ0n) is 19.0. The van der Waals surface area contributed by atoms with E-state index in [-0.39, 0.29) is 17.9 Å². The fourth-order valence-electron chi connectivity index (χ4n) is 3.54. The van der Waals surface area contributed by atoms with Crippen molar-refractivity contribution in [1.29, 1.82) is 0 Å². The number of aromatic nitrogens is 3. The van der Waals surface area contributed by atoms with Crippen molar-refractivity contribution in [2.75, 3.05) is 33.6 Å². The number of hydrogen-bond donors (Lipinski definition) is 2. The number of carbonyl (C=O) groups is 1. The Morgan fingerprint density at radius 3 is 2.35 bits per heavy atom. The highest BCUT2D eigenvalue weighted by atomic mass is 16.5. The van der Waals surface area contributed by atoms with Crippen LogP contribution >= 0.6 is 0 Å². The van der Waals surface area contributed by atoms with Gasteiger partial charge in [-0.1, -0.05) is 18.2 Å². The summed E-state index contributed by atoms with van der Waals surface area (Å²) in [5.41, 5.74) is 9.22. The van der Waals surface area contributed by atoms with Crippen LogP contribution in [-0.4, -0.2) is 54.6 Å². The lowest BCUT2D eigenvalue weighted by molar-refractivity contribution is 0.0960. The molecule has 174 valence electrons. The molecule has 3 N–H and O–H groups in total. The highest BCUT2D eigenvalue weighted by Crippen LogP contribution is 2.38. The summed E-state index contributed by atoms with van der Waals surface area (Å²) in [5.74, 6) is 1.13. The van der Waals surface area contributed by atoms with Gasteiger partial charge < -0.3 is 25.3 Å². The van der Waals surface area contributed by atoms with Gasteiger partial charge in [0.25, 0.3) is 5.91 Å². The number of ether oxygens (including phenoxy) is 3. The van der Waals surface area contributed by atoms with Gasteiger partial charge in [0.2, 0.25) is 5.75 Å². The smallest absolute Gasteiger partial charge is 0.257 e. The number of para-hydroxylation sites is 2. The number of anilines is 1. The van der Waals surface area contributed by atoms with Crippen LogP contribution in [0.4, 0.5) is 5.82 Å². The van der Waals surface area contributed by atoms with Crippen molar-refractivity contribution in [3.63, 3.8) is 0 Å². The minimum atomic E-state index is -0.395. The number of benzene rings is 2. The summed E-state index contributed by atoms with van der Waals surface area (Å²) in [4.78, 5) is 22.2. The molecule has 0 radical (unpaired) electrons. The van der Waals surface area contributed by atoms with Crippen LogP contribution in [0.2, 0.25) is 0 Å². The maximum absolute atomic E-state index is 12.9. The summed E-state index contributed by atoms with van der Waals surface area (Å²) in [6.07, 6.45) is 3.14. The van der Waals surface area contributed by atoms with E-state index in [0.29, 0.717) is 45.0 Å². The van der Waals surface area contributed by atoms with Crippen LogP contribution in [0.15, 0.2) is 54.2 Å². The third-order valence-corrected chi connectivity index (χ3v) is 5.12. The lowest BCUT2D eigenvalue weighted by Crippen LogP contribution is -2.24. The third-order valence-electron chi connectivity index (χ3n) is 5.12. The van der Waals surface area contributed by atoms with Gasteiger partial charge in [-0.05, 0) is 24.3 Å². The van der Waals surface area contributed by atoms with Gasteiger partial charge in [-0.15, -0.1) is 6.58 Å². The summed E-state index contributed by atoms with van der Waals surface area (Å²) >= 11 is 0. The average Bonchev–Trinajstić information content (AvgIpc) is 3.13. The zero-order chi connectivity index (χ0) is 24.2. The summed E-state index contributed by atoms with van der Waals surface area (Å²) < 4.78 is 17.6. The van der Waals surface area contributed by atoms with E-state index in [9.17, 15) is 4.79 Å². The molecule has 0 saturated heterocycles. The van der Waals surface area contributed by atoms with Crippen molar-refractivity contribution in [2.45, 2.75) is 0 Å². The standard InChI is InChI=1S/C24H24N6O4/c1-5-10-26-24(31)19-20-23(29-16-9-7-6-8-15(16)28-20)30(22(19)25)27-13-14-11-17(32-2)21(34-4)18(12-14)33-3/h5-9,11-13H,1,10,25H2,2-4H3,(H,26,31). The summed E-state index contributed by atoms with van der Waals surface area (Å²) in [6.45, 7) is 3.91. The molecule has 0 unspecified atom stereocenters. The number of nitrogens with zero attached hydrogens (tertiary/aromatic N) is 4. The predicted octanol–water partition coefficient (Wildman–Crippen LogP) is 2.99. The number of hydrogen-bond acceptors (Lipinski definition) is 8. The minimum Gasteiger partial charge on any atom is -0.493 e. The van der Waals surface area contributed by atoms with Crippen molar-refractivity contribution in [3.8, 4) is 17.2 Å². The van der Waals surface area contributed by atoms with Crippen LogP contribution in [0.3, 0.4) is 0 Å². The molecule has 0 spiro atoms. The van der Waals surface area contributed by atoms with Gasteiger partial charge in [0.1, 0.15) is 16.9 Å². The molecule has 0 saturated carbocycles. The first-order chi connectivity index (χ1) is 16.5. The summed E-state index contributed by atoms with van der Waals surface area (Å²) in [7, 11) is 4.59. The molecule has 2 heterocycles. The number of nitrogens with one attached hydrogen (secondary N) is 1. The van der Waals surface area contributed by atoms with E-state index in [1.807, 2.05) is 24.3 Å². The van der Waals surface area contributed by atoms with Gasteiger partial charge in [0.05, 0.1) is 38.6 Å². The van der Waals surface area contributed by atoms with Gasteiger partial charge in [0.15, 0.2) is 17.1 Å². The van der Waals surface area contributed by atoms with E-state index >= 15 is 0 Å². The van der Waals surface area contributed by atoms with E-state index in [2.05, 4.69) is 27.0 Å². The lowest BCUT2D eigenvalue weighted by Gasteiger charge is -2.12. The van der Waals surface area contributed by atoms with Crippen molar-refractivity contribution in [3.05, 3.63) is 60.2 Å². The molecule has 2 aromatic carbocycles. The molecule has 0 aliphatic rings. The molecule has 10 heteroatoms. The average molecular weight is 460 g/mol. The fraction of sp³-hybridized carbons (Fsp3) is 0.167. The second-order valence-electron chi connectivity index (χ2n) is 7.16. The number of carbonyl (C=O) groups excluding carboxylic acids is 1. The second-order valence-corrected chi connectivity index (χ2v) is 7.16. The Bertz CT molecular complexity index is 1400. The topological polar surface area (TPSA) is 126 Å². The van der Waals surface area contributed by atoms with Crippen LogP contribution in [-0.2, 0) is 0 Å². The Balaban J connectivity index is 1.89. The Hall–Kier alpha value is -4.60. The van der Waals surface area contributed by atoms with Crippen LogP contribution in [0.25, 0.3) is 22.2 Å². The van der Waals surface area contributed by atoms with Gasteiger partial charge in [0, 0.05) is 12.1 Å². The van der Waals surface area contributed by atoms with Crippen molar-refractivity contribution < 1.29 is 19.0 Å². The van der Waals surface area contributed by atoms with E-state index in [1.165, 1.54) is 26.0 Å². The third kappa shape index (κ3) is 3.96. The SMILES string of the molecule is C=CCNC(=O)c1c(N)n(N=Cc2cc(OC)c(OC)c(OC)c2)c2nc3ccccc3nc12. The Morgan fingerprint density at radius 2 is 1.76 bits per heavy atom. The molecule has 0 fully saturated rings. The molecule has 0 aliphatic heterocycles. The lowest BCUT2D eigenvalue weighted by atomic mass is 10.2. The molecule has 0 atom stereocenters. The number of nitrogen functional groups attached to an aromatic ring is 1. The Labute approximate surface area is 195 Å². The highest BCUT2D eigenvalue weighted by Gasteiger charge is 2.24. The molecule has 4 rings (SSSR count). The summed E-state index contributed by atoms with van der Waals surface area (Å²) in [5, 5.41) is 7.26. The molecule has 10 nitrogen and oxygen atoms in total. The van der Waals surface area contributed by atoms with Gasteiger partial charge in [-0.3, -0.25) is 4.79 Å². The highest BCUT2D eigenvalue weighted by molar-refractivity contribution is 6.10. The minimum absolute atomic E-state index is 0.107. The van der Waals surface area contributed by atoms with Crippen molar-refractivity contribution in [1.82, 2.24) is 20.0 Å². The van der Waals surface area contributed by atoms with Crippen LogP contribution in [0, 0.1) is 0 Å². The Morgan fingerprint density at radius 1 is 1.12 bits per heavy atom. The second kappa shape index (κ2) is 9.49. The molecule has 1 amide bonds. The molecule has 0 bridgehead atoms. The monoisotopic (exact) mass is 460 g/mol. The number of amides is 1. The van der Waals surface area contributed by atoms with Crippen molar-refractivity contribution in [2.24, 2.45) is 5.10 Å². The quantitative estimate of drug-likeness (QED) is 0.306. The number of methoxy groups -OCH3 is 3. The summed E-state index contributed by atoms with van der Waals surface area (Å²) in [6, 6.07) is 10.8. The first-order valence-corrected chi connectivity index (χ1v) is 10.3. The zero-order valence-corrected chi connectivity index (χ0v) is 19.0. The maximum atomic E-state index is 12.9. The molecular weight excluding hydrogens is 436 g/mol. The van der Waals surface area contributed by atoms with Crippen LogP contribution in [0.1, 0.15) is 15.9 Å². The predicted molar refractivity (Wildman–Crippen MR) is 131 cm³/mol. The largest absolute Gasteiger partial charge is 0.493 e. The van der Waals surface area contributed by atoms with Gasteiger partial charge >= 0.3 is 0 Å². The number of nitrogens with two attached hydrogens (primary N) is 1. The maximum Gasteiger partial charge on any atom is 0.257 e. The first-order valence-electron chi connectivity index (χ1n) is 10.3. The molecule has 0 aliphatic carbocycles. The molecule has 34 heavy (non-hydrogen) atoms. The van der Waals surface area contributed by atoms with E-state index in [0.717, 1.165) is 0 Å². The van der Waals surface area contributed by atoms with Gasteiger partial charge in [-0.25, -0.2) is 9.97 Å². The molecule has 2 aromatic heterocycles. The molecular formula is C24H24N6O4. The number of fused-ring (bicyclic) bond motifs is 2. The Kier molecular flexibility index (Phi) is 6.30. The normalized spacial score (nSPS) is 11.1. The van der Waals surface area contributed by atoms with Gasteiger partial charge in [-0.2, -0.15) is 9.78 Å². The van der Waals surface area contributed by atoms with E-state index < -0.39 is 5.91 Å². The van der Waals surface area contributed by atoms with Crippen molar-refractivity contribution >= 4 is 40.1 Å². The fourth-order valence-corrected chi connectivity index (χ4v) is 3.54. The van der Waals surface area contributed by atoms with E-state index in [1.54, 1.807) is 24.4 Å². The van der Waals surface area contributed by atoms with Crippen LogP contribution < -0.4 is 25.3 Å². The molecule has 4 aromatic rings. The number of rotatable bonds is 8.